The van der Waals surface area contributed by atoms with Crippen LogP contribution in [0.1, 0.15) is 5.56 Å². The molecule has 17 heavy (non-hydrogen) atoms. The standard InChI is InChI=1S/C13H8Cl3F/c14-7-8-3-1-4-9(13(8)17)12-10(15)5-2-6-11(12)16/h1-6H,7H2. The summed E-state index contributed by atoms with van der Waals surface area (Å²) < 4.78 is 14.1. The van der Waals surface area contributed by atoms with Crippen molar-refractivity contribution in [2.75, 3.05) is 0 Å². The van der Waals surface area contributed by atoms with E-state index in [-0.39, 0.29) is 11.7 Å². The molecule has 2 rings (SSSR count). The molecule has 0 bridgehead atoms. The Morgan fingerprint density at radius 3 is 2.12 bits per heavy atom. The van der Waals surface area contributed by atoms with Crippen molar-refractivity contribution in [2.45, 2.75) is 5.88 Å². The predicted octanol–water partition coefficient (Wildman–Crippen LogP) is 5.54. The van der Waals surface area contributed by atoms with E-state index in [0.29, 0.717) is 26.7 Å². The highest BCUT2D eigenvalue weighted by Crippen LogP contribution is 2.36. The van der Waals surface area contributed by atoms with Crippen molar-refractivity contribution >= 4 is 34.8 Å². The van der Waals surface area contributed by atoms with Crippen molar-refractivity contribution in [1.82, 2.24) is 0 Å². The number of alkyl halides is 1. The van der Waals surface area contributed by atoms with Crippen LogP contribution in [-0.4, -0.2) is 0 Å². The summed E-state index contributed by atoms with van der Waals surface area (Å²) in [4.78, 5) is 0. The lowest BCUT2D eigenvalue weighted by atomic mass is 10.0. The molecule has 0 nitrogen and oxygen atoms in total. The number of hydrogen-bond acceptors (Lipinski definition) is 0. The van der Waals surface area contributed by atoms with Crippen molar-refractivity contribution in [3.63, 3.8) is 0 Å². The Morgan fingerprint density at radius 1 is 0.941 bits per heavy atom. The molecule has 0 aliphatic rings. The summed E-state index contributed by atoms with van der Waals surface area (Å²) >= 11 is 17.8. The fraction of sp³-hybridized carbons (Fsp3) is 0.0769. The van der Waals surface area contributed by atoms with Crippen LogP contribution in [-0.2, 0) is 5.88 Å². The van der Waals surface area contributed by atoms with Crippen LogP contribution in [0.2, 0.25) is 10.0 Å². The van der Waals surface area contributed by atoms with Crippen LogP contribution in [0.5, 0.6) is 0 Å². The van der Waals surface area contributed by atoms with E-state index >= 15 is 0 Å². The average Bonchev–Trinajstić information content (AvgIpc) is 2.31. The van der Waals surface area contributed by atoms with E-state index in [0.717, 1.165) is 0 Å². The van der Waals surface area contributed by atoms with Gasteiger partial charge in [0.2, 0.25) is 0 Å². The summed E-state index contributed by atoms with van der Waals surface area (Å²) in [5.74, 6) is -0.264. The van der Waals surface area contributed by atoms with Crippen LogP contribution in [0.25, 0.3) is 11.1 Å². The summed E-state index contributed by atoms with van der Waals surface area (Å²) in [6.07, 6.45) is 0. The lowest BCUT2D eigenvalue weighted by Gasteiger charge is -2.10. The Bertz CT molecular complexity index is 532. The quantitative estimate of drug-likeness (QED) is 0.637. The van der Waals surface area contributed by atoms with Crippen LogP contribution in [0.4, 0.5) is 4.39 Å². The van der Waals surface area contributed by atoms with E-state index < -0.39 is 0 Å². The Hall–Kier alpha value is -0.760. The molecule has 0 saturated carbocycles. The molecule has 0 heterocycles. The zero-order valence-corrected chi connectivity index (χ0v) is 11.0. The van der Waals surface area contributed by atoms with Gasteiger partial charge in [-0.25, -0.2) is 4.39 Å². The van der Waals surface area contributed by atoms with Crippen LogP contribution >= 0.6 is 34.8 Å². The molecule has 0 aliphatic heterocycles. The first-order valence-corrected chi connectivity index (χ1v) is 6.22. The van der Waals surface area contributed by atoms with Crippen LogP contribution in [0.3, 0.4) is 0 Å². The van der Waals surface area contributed by atoms with E-state index in [1.165, 1.54) is 0 Å². The zero-order valence-electron chi connectivity index (χ0n) is 8.68. The van der Waals surface area contributed by atoms with Gasteiger partial charge in [0.1, 0.15) is 5.82 Å². The molecule has 0 amide bonds. The Balaban J connectivity index is 2.69. The van der Waals surface area contributed by atoms with E-state index in [1.807, 2.05) is 0 Å². The molecule has 0 aromatic heterocycles. The third kappa shape index (κ3) is 2.42. The highest BCUT2D eigenvalue weighted by Gasteiger charge is 2.14. The second-order valence-electron chi connectivity index (χ2n) is 3.51. The molecule has 2 aromatic carbocycles. The zero-order chi connectivity index (χ0) is 12.4. The van der Waals surface area contributed by atoms with Crippen molar-refractivity contribution in [3.8, 4) is 11.1 Å². The molecule has 4 heteroatoms. The van der Waals surface area contributed by atoms with Crippen molar-refractivity contribution in [1.29, 1.82) is 0 Å². The minimum atomic E-state index is -0.377. The summed E-state index contributed by atoms with van der Waals surface area (Å²) in [5, 5.41) is 0.839. The summed E-state index contributed by atoms with van der Waals surface area (Å²) in [7, 11) is 0. The van der Waals surface area contributed by atoms with Gasteiger partial charge < -0.3 is 0 Å². The van der Waals surface area contributed by atoms with Gasteiger partial charge in [0.15, 0.2) is 0 Å². The van der Waals surface area contributed by atoms with Crippen molar-refractivity contribution < 1.29 is 4.39 Å². The first-order chi connectivity index (χ1) is 8.15. The van der Waals surface area contributed by atoms with E-state index in [9.17, 15) is 4.39 Å². The fourth-order valence-corrected chi connectivity index (χ4v) is 2.44. The molecule has 0 aliphatic carbocycles. The smallest absolute Gasteiger partial charge is 0.135 e. The molecule has 0 unspecified atom stereocenters. The second kappa shape index (κ2) is 5.26. The number of hydrogen-bond donors (Lipinski definition) is 0. The number of benzene rings is 2. The minimum absolute atomic E-state index is 0.113. The second-order valence-corrected chi connectivity index (χ2v) is 4.59. The van der Waals surface area contributed by atoms with Gasteiger partial charge in [-0.3, -0.25) is 0 Å². The van der Waals surface area contributed by atoms with Gasteiger partial charge in [-0.05, 0) is 12.1 Å². The van der Waals surface area contributed by atoms with Gasteiger partial charge in [-0.1, -0.05) is 47.5 Å². The molecule has 0 saturated heterocycles. The molecule has 88 valence electrons. The molecule has 0 fully saturated rings. The lowest BCUT2D eigenvalue weighted by Crippen LogP contribution is -1.92. The number of rotatable bonds is 2. The summed E-state index contributed by atoms with van der Waals surface area (Å²) in [5.41, 5.74) is 1.30. The van der Waals surface area contributed by atoms with Crippen molar-refractivity contribution in [3.05, 3.63) is 57.8 Å². The van der Waals surface area contributed by atoms with E-state index in [1.54, 1.807) is 36.4 Å². The summed E-state index contributed by atoms with van der Waals surface area (Å²) in [6.45, 7) is 0. The predicted molar refractivity (Wildman–Crippen MR) is 71.4 cm³/mol. The van der Waals surface area contributed by atoms with E-state index in [2.05, 4.69) is 0 Å². The highest BCUT2D eigenvalue weighted by atomic mass is 35.5. The molecule has 0 radical (unpaired) electrons. The topological polar surface area (TPSA) is 0 Å². The first-order valence-electron chi connectivity index (χ1n) is 4.93. The third-order valence-corrected chi connectivity index (χ3v) is 3.37. The Labute approximate surface area is 114 Å². The van der Waals surface area contributed by atoms with Crippen LogP contribution in [0, 0.1) is 5.82 Å². The maximum Gasteiger partial charge on any atom is 0.135 e. The fourth-order valence-electron chi connectivity index (χ4n) is 1.63. The van der Waals surface area contributed by atoms with Gasteiger partial charge in [0.25, 0.3) is 0 Å². The van der Waals surface area contributed by atoms with Gasteiger partial charge in [0.05, 0.1) is 5.88 Å². The van der Waals surface area contributed by atoms with Gasteiger partial charge in [-0.15, -0.1) is 11.6 Å². The van der Waals surface area contributed by atoms with Gasteiger partial charge >= 0.3 is 0 Å². The maximum atomic E-state index is 14.1. The summed E-state index contributed by atoms with van der Waals surface area (Å²) in [6, 6.07) is 10.1. The van der Waals surface area contributed by atoms with Crippen LogP contribution in [0.15, 0.2) is 36.4 Å². The van der Waals surface area contributed by atoms with Gasteiger partial charge in [-0.2, -0.15) is 0 Å². The first kappa shape index (κ1) is 12.7. The SMILES string of the molecule is Fc1c(CCl)cccc1-c1c(Cl)cccc1Cl. The molecule has 0 N–H and O–H groups in total. The average molecular weight is 290 g/mol. The molecule has 0 atom stereocenters. The Morgan fingerprint density at radius 2 is 1.53 bits per heavy atom. The van der Waals surface area contributed by atoms with Crippen molar-refractivity contribution in [2.24, 2.45) is 0 Å². The van der Waals surface area contributed by atoms with E-state index in [4.69, 9.17) is 34.8 Å². The Kier molecular flexibility index (Phi) is 3.93. The minimum Gasteiger partial charge on any atom is -0.206 e. The molecular weight excluding hydrogens is 282 g/mol. The third-order valence-electron chi connectivity index (χ3n) is 2.45. The van der Waals surface area contributed by atoms with Crippen LogP contribution < -0.4 is 0 Å². The highest BCUT2D eigenvalue weighted by molar-refractivity contribution is 6.39. The van der Waals surface area contributed by atoms with Gasteiger partial charge in [0, 0.05) is 26.7 Å². The lowest BCUT2D eigenvalue weighted by molar-refractivity contribution is 0.620. The molecule has 0 spiro atoms. The maximum absolute atomic E-state index is 14.1. The molecule has 2 aromatic rings. The monoisotopic (exact) mass is 288 g/mol. The largest absolute Gasteiger partial charge is 0.206 e. The number of halogens is 4. The molecular formula is C13H8Cl3F. The normalized spacial score (nSPS) is 10.6.